The molecule has 80 valence electrons. The number of hydrogen-bond donors (Lipinski definition) is 0. The van der Waals surface area contributed by atoms with E-state index in [1.807, 2.05) is 20.8 Å². The van der Waals surface area contributed by atoms with E-state index in [0.29, 0.717) is 5.01 Å². The Morgan fingerprint density at radius 2 is 1.93 bits per heavy atom. The molecular formula is C9H12F3NS. The van der Waals surface area contributed by atoms with Crippen LogP contribution in [0.15, 0.2) is 6.20 Å². The van der Waals surface area contributed by atoms with Gasteiger partial charge in [-0.3, -0.25) is 0 Å². The fraction of sp³-hybridized carbons (Fsp3) is 0.667. The molecule has 0 bridgehead atoms. The Labute approximate surface area is 85.0 Å². The summed E-state index contributed by atoms with van der Waals surface area (Å²) in [5, 5.41) is 0.548. The second-order valence-corrected chi connectivity index (χ2v) is 4.80. The first-order valence-electron chi connectivity index (χ1n) is 4.31. The van der Waals surface area contributed by atoms with Crippen LogP contribution in [0.3, 0.4) is 0 Å². The largest absolute Gasteiger partial charge is 0.427 e. The molecule has 14 heavy (non-hydrogen) atoms. The second-order valence-electron chi connectivity index (χ2n) is 3.76. The molecule has 0 fully saturated rings. The highest BCUT2D eigenvalue weighted by molar-refractivity contribution is 7.11. The first kappa shape index (κ1) is 11.5. The van der Waals surface area contributed by atoms with Crippen molar-refractivity contribution in [2.24, 2.45) is 0 Å². The van der Waals surface area contributed by atoms with Gasteiger partial charge in [-0.25, -0.2) is 4.98 Å². The van der Waals surface area contributed by atoms with Gasteiger partial charge in [0.05, 0.1) is 11.2 Å². The average molecular weight is 223 g/mol. The molecule has 0 unspecified atom stereocenters. The second kappa shape index (κ2) is 3.53. The van der Waals surface area contributed by atoms with Crippen LogP contribution in [0.2, 0.25) is 0 Å². The summed E-state index contributed by atoms with van der Waals surface area (Å²) in [5.74, 6) is 0. The van der Waals surface area contributed by atoms with Gasteiger partial charge in [0.1, 0.15) is 4.88 Å². The van der Waals surface area contributed by atoms with Crippen LogP contribution in [0, 0.1) is 0 Å². The maximum Gasteiger partial charge on any atom is 0.427 e. The molecule has 0 spiro atoms. The fourth-order valence-electron chi connectivity index (χ4n) is 0.869. The van der Waals surface area contributed by atoms with E-state index in [1.54, 1.807) is 0 Å². The van der Waals surface area contributed by atoms with Gasteiger partial charge >= 0.3 is 6.18 Å². The van der Waals surface area contributed by atoms with Gasteiger partial charge in [0, 0.05) is 5.41 Å². The highest BCUT2D eigenvalue weighted by Gasteiger charge is 2.35. The highest BCUT2D eigenvalue weighted by Crippen LogP contribution is 2.37. The number of thiazole rings is 1. The third-order valence-electron chi connectivity index (χ3n) is 2.25. The van der Waals surface area contributed by atoms with Gasteiger partial charge in [-0.15, -0.1) is 11.3 Å². The maximum absolute atomic E-state index is 12.3. The van der Waals surface area contributed by atoms with Crippen LogP contribution in [0.1, 0.15) is 37.1 Å². The molecule has 1 nitrogen and oxygen atoms in total. The smallest absolute Gasteiger partial charge is 0.248 e. The van der Waals surface area contributed by atoms with E-state index in [-0.39, 0.29) is 5.41 Å². The lowest BCUT2D eigenvalue weighted by atomic mass is 9.91. The van der Waals surface area contributed by atoms with Crippen LogP contribution in [0.25, 0.3) is 0 Å². The average Bonchev–Trinajstić information content (AvgIpc) is 2.51. The summed E-state index contributed by atoms with van der Waals surface area (Å²) in [6.07, 6.45) is -2.57. The van der Waals surface area contributed by atoms with E-state index < -0.39 is 11.1 Å². The van der Waals surface area contributed by atoms with Gasteiger partial charge in [-0.1, -0.05) is 20.8 Å². The van der Waals surface area contributed by atoms with Crippen LogP contribution in [0.4, 0.5) is 13.2 Å². The van der Waals surface area contributed by atoms with E-state index in [0.717, 1.165) is 24.0 Å². The molecule has 0 saturated heterocycles. The number of halogens is 3. The summed E-state index contributed by atoms with van der Waals surface area (Å²) in [5.41, 5.74) is -0.270. The zero-order valence-corrected chi connectivity index (χ0v) is 9.09. The van der Waals surface area contributed by atoms with Gasteiger partial charge in [-0.2, -0.15) is 13.2 Å². The van der Waals surface area contributed by atoms with Crippen molar-refractivity contribution in [3.8, 4) is 0 Å². The van der Waals surface area contributed by atoms with Crippen LogP contribution in [-0.4, -0.2) is 4.98 Å². The molecule has 0 aliphatic heterocycles. The highest BCUT2D eigenvalue weighted by atomic mass is 32.1. The molecule has 0 aliphatic carbocycles. The predicted molar refractivity (Wildman–Crippen MR) is 50.4 cm³/mol. The monoisotopic (exact) mass is 223 g/mol. The minimum absolute atomic E-state index is 0.270. The number of rotatable bonds is 2. The zero-order chi connectivity index (χ0) is 11.0. The Kier molecular flexibility index (Phi) is 2.90. The normalized spacial score (nSPS) is 13.3. The Bertz CT molecular complexity index is 314. The van der Waals surface area contributed by atoms with Crippen molar-refractivity contribution in [3.05, 3.63) is 16.1 Å². The fourth-order valence-corrected chi connectivity index (χ4v) is 1.82. The Morgan fingerprint density at radius 3 is 2.29 bits per heavy atom. The van der Waals surface area contributed by atoms with E-state index in [4.69, 9.17) is 0 Å². The zero-order valence-electron chi connectivity index (χ0n) is 8.27. The van der Waals surface area contributed by atoms with Crippen molar-refractivity contribution in [3.63, 3.8) is 0 Å². The predicted octanol–water partition coefficient (Wildman–Crippen LogP) is 3.85. The van der Waals surface area contributed by atoms with Crippen LogP contribution in [0.5, 0.6) is 0 Å². The molecule has 0 aliphatic rings. The van der Waals surface area contributed by atoms with Crippen LogP contribution >= 0.6 is 11.3 Å². The molecule has 1 aromatic heterocycles. The van der Waals surface area contributed by atoms with Gasteiger partial charge in [0.2, 0.25) is 0 Å². The number of nitrogens with zero attached hydrogens (tertiary/aromatic N) is 1. The van der Waals surface area contributed by atoms with E-state index in [1.165, 1.54) is 0 Å². The molecule has 0 aromatic carbocycles. The van der Waals surface area contributed by atoms with Crippen molar-refractivity contribution >= 4 is 11.3 Å². The Balaban J connectivity index is 3.00. The summed E-state index contributed by atoms with van der Waals surface area (Å²) >= 11 is 0.735. The SMILES string of the molecule is CCC(C)(C)c1ncc(C(F)(F)F)s1. The molecule has 5 heteroatoms. The number of alkyl halides is 3. The van der Waals surface area contributed by atoms with E-state index in [9.17, 15) is 13.2 Å². The third kappa shape index (κ3) is 2.26. The molecule has 0 atom stereocenters. The minimum Gasteiger partial charge on any atom is -0.248 e. The van der Waals surface area contributed by atoms with Crippen LogP contribution in [-0.2, 0) is 11.6 Å². The molecule has 0 amide bonds. The minimum atomic E-state index is -4.26. The van der Waals surface area contributed by atoms with Crippen molar-refractivity contribution in [1.82, 2.24) is 4.98 Å². The van der Waals surface area contributed by atoms with E-state index in [2.05, 4.69) is 4.98 Å². The molecule has 1 aromatic rings. The molecule has 0 N–H and O–H groups in total. The van der Waals surface area contributed by atoms with Gasteiger partial charge in [0.25, 0.3) is 0 Å². The standard InChI is InChI=1S/C9H12F3NS/c1-4-8(2,3)7-13-5-6(14-7)9(10,11)12/h5H,4H2,1-3H3. The van der Waals surface area contributed by atoms with Crippen LogP contribution < -0.4 is 0 Å². The molecule has 0 radical (unpaired) electrons. The lowest BCUT2D eigenvalue weighted by molar-refractivity contribution is -0.134. The molecule has 1 rings (SSSR count). The lowest BCUT2D eigenvalue weighted by Crippen LogP contribution is -2.14. The Morgan fingerprint density at radius 1 is 1.36 bits per heavy atom. The van der Waals surface area contributed by atoms with Crippen molar-refractivity contribution in [2.45, 2.75) is 38.8 Å². The maximum atomic E-state index is 12.3. The first-order valence-corrected chi connectivity index (χ1v) is 5.12. The van der Waals surface area contributed by atoms with Crippen molar-refractivity contribution in [2.75, 3.05) is 0 Å². The lowest BCUT2D eigenvalue weighted by Gasteiger charge is -2.18. The topological polar surface area (TPSA) is 12.9 Å². The summed E-state index contributed by atoms with van der Waals surface area (Å²) < 4.78 is 36.8. The van der Waals surface area contributed by atoms with Crippen molar-refractivity contribution in [1.29, 1.82) is 0 Å². The summed E-state index contributed by atoms with van der Waals surface area (Å²) in [6, 6.07) is 0. The summed E-state index contributed by atoms with van der Waals surface area (Å²) in [4.78, 5) is 3.21. The van der Waals surface area contributed by atoms with Gasteiger partial charge in [0.15, 0.2) is 0 Å². The van der Waals surface area contributed by atoms with Crippen molar-refractivity contribution < 1.29 is 13.2 Å². The number of aromatic nitrogens is 1. The number of hydrogen-bond acceptors (Lipinski definition) is 2. The summed E-state index contributed by atoms with van der Waals surface area (Å²) in [7, 11) is 0. The molecule has 1 heterocycles. The first-order chi connectivity index (χ1) is 6.27. The van der Waals surface area contributed by atoms with Gasteiger partial charge < -0.3 is 0 Å². The molecular weight excluding hydrogens is 211 g/mol. The third-order valence-corrected chi connectivity index (χ3v) is 3.66. The summed E-state index contributed by atoms with van der Waals surface area (Å²) in [6.45, 7) is 5.73. The van der Waals surface area contributed by atoms with E-state index >= 15 is 0 Å². The molecule has 0 saturated carbocycles. The quantitative estimate of drug-likeness (QED) is 0.742. The van der Waals surface area contributed by atoms with Gasteiger partial charge in [-0.05, 0) is 6.42 Å². The Hall–Kier alpha value is -0.580.